The van der Waals surface area contributed by atoms with Crippen LogP contribution in [0.3, 0.4) is 0 Å². The van der Waals surface area contributed by atoms with Crippen molar-refractivity contribution in [1.29, 1.82) is 0 Å². The summed E-state index contributed by atoms with van der Waals surface area (Å²) in [6.45, 7) is -0.447. The van der Waals surface area contributed by atoms with E-state index in [1.165, 1.54) is 41.5 Å². The van der Waals surface area contributed by atoms with Crippen molar-refractivity contribution in [2.75, 3.05) is 11.9 Å². The molecule has 29 heavy (non-hydrogen) atoms. The predicted octanol–water partition coefficient (Wildman–Crippen LogP) is 0.764. The van der Waals surface area contributed by atoms with Gasteiger partial charge in [-0.3, -0.25) is 4.57 Å². The minimum Gasteiger partial charge on any atom is -0.394 e. The summed E-state index contributed by atoms with van der Waals surface area (Å²) in [5.41, 5.74) is 1.24. The topological polar surface area (TPSA) is 186 Å². The summed E-state index contributed by atoms with van der Waals surface area (Å²) in [5, 5.41) is 32.5. The summed E-state index contributed by atoms with van der Waals surface area (Å²) >= 11 is 0. The van der Waals surface area contributed by atoms with Crippen molar-refractivity contribution >= 4 is 33.5 Å². The second kappa shape index (κ2) is 7.47. The van der Waals surface area contributed by atoms with Gasteiger partial charge in [0, 0.05) is 5.69 Å². The molecule has 4 rings (SSSR count). The van der Waals surface area contributed by atoms with Gasteiger partial charge in [0.25, 0.3) is 0 Å². The fourth-order valence-electron chi connectivity index (χ4n) is 3.10. The van der Waals surface area contributed by atoms with Crippen molar-refractivity contribution in [3.05, 3.63) is 36.9 Å². The Labute approximate surface area is 165 Å². The van der Waals surface area contributed by atoms with Gasteiger partial charge in [0.15, 0.2) is 23.2 Å². The number of aliphatic hydroxyl groups excluding tert-OH is 3. The molecule has 1 saturated heterocycles. The molecule has 1 aliphatic heterocycles. The molecule has 0 spiro atoms. The van der Waals surface area contributed by atoms with E-state index in [2.05, 4.69) is 20.3 Å². The van der Waals surface area contributed by atoms with E-state index < -0.39 is 42.0 Å². The van der Waals surface area contributed by atoms with Gasteiger partial charge < -0.3 is 39.0 Å². The van der Waals surface area contributed by atoms with Gasteiger partial charge in [-0.15, -0.1) is 0 Å². The molecule has 13 heteroatoms. The average molecular weight is 425 g/mol. The molecule has 1 fully saturated rings. The van der Waals surface area contributed by atoms with E-state index in [4.69, 9.17) is 4.74 Å². The zero-order valence-electron chi connectivity index (χ0n) is 14.8. The first-order valence-electron chi connectivity index (χ1n) is 8.47. The second-order valence-electron chi connectivity index (χ2n) is 6.44. The number of ether oxygens (including phenoxy) is 1. The van der Waals surface area contributed by atoms with E-state index in [-0.39, 0.29) is 4.90 Å². The van der Waals surface area contributed by atoms with E-state index in [1.54, 1.807) is 0 Å². The van der Waals surface area contributed by atoms with Crippen molar-refractivity contribution < 1.29 is 33.7 Å². The Morgan fingerprint density at radius 1 is 1.03 bits per heavy atom. The van der Waals surface area contributed by atoms with Gasteiger partial charge in [-0.2, -0.15) is 0 Å². The Hall–Kier alpha value is -2.36. The lowest BCUT2D eigenvalue weighted by Gasteiger charge is -2.19. The highest BCUT2D eigenvalue weighted by atomic mass is 32.3. The number of fused-ring (bicyclic) bond motifs is 1. The number of benzene rings is 1. The molecule has 0 radical (unpaired) electrons. The first kappa shape index (κ1) is 19.9. The average Bonchev–Trinajstić information content (AvgIpc) is 3.24. The number of imidazole rings is 1. The van der Waals surface area contributed by atoms with E-state index in [0.29, 0.717) is 22.7 Å². The molecule has 12 nitrogen and oxygen atoms in total. The molecule has 1 aromatic carbocycles. The molecule has 0 amide bonds. The van der Waals surface area contributed by atoms with Gasteiger partial charge in [0.2, 0.25) is 0 Å². The van der Waals surface area contributed by atoms with E-state index in [0.717, 1.165) is 0 Å². The Kier molecular flexibility index (Phi) is 5.14. The highest BCUT2D eigenvalue weighted by molar-refractivity contribution is 8.19. The van der Waals surface area contributed by atoms with Crippen molar-refractivity contribution in [2.45, 2.75) is 29.4 Å². The number of hydrogen-bond donors (Lipinski definition) is 7. The van der Waals surface area contributed by atoms with Crippen LogP contribution in [0.15, 0.2) is 41.8 Å². The fourth-order valence-corrected chi connectivity index (χ4v) is 3.60. The molecule has 2 aromatic heterocycles. The third-order valence-electron chi connectivity index (χ3n) is 4.58. The molecule has 0 saturated carbocycles. The standard InChI is InChI=1S/C16H19N5O7S/c22-5-10-12(23)13(24)16(28-10)21-7-19-11-14(17-6-18-15(11)21)20-8-1-3-9(4-2-8)29(25,26)27/h1-4,6-7,10,12-13,16,22-27H,5H2,(H,17,18,20). The molecule has 0 aliphatic carbocycles. The summed E-state index contributed by atoms with van der Waals surface area (Å²) in [5.74, 6) is 0.337. The van der Waals surface area contributed by atoms with Crippen molar-refractivity contribution in [2.24, 2.45) is 0 Å². The van der Waals surface area contributed by atoms with Crippen LogP contribution in [-0.4, -0.2) is 73.4 Å². The quantitative estimate of drug-likeness (QED) is 0.306. The van der Waals surface area contributed by atoms with Crippen LogP contribution in [0.1, 0.15) is 6.23 Å². The van der Waals surface area contributed by atoms with Crippen LogP contribution in [0.5, 0.6) is 0 Å². The molecule has 156 valence electrons. The minimum atomic E-state index is -3.79. The lowest BCUT2D eigenvalue weighted by molar-refractivity contribution is -0.0511. The fraction of sp³-hybridized carbons (Fsp3) is 0.312. The smallest absolute Gasteiger partial charge is 0.167 e. The molecule has 0 bridgehead atoms. The highest BCUT2D eigenvalue weighted by Gasteiger charge is 2.44. The van der Waals surface area contributed by atoms with Gasteiger partial charge in [-0.05, 0) is 24.3 Å². The Morgan fingerprint density at radius 2 is 1.76 bits per heavy atom. The molecule has 4 atom stereocenters. The molecule has 3 heterocycles. The van der Waals surface area contributed by atoms with Crippen LogP contribution in [0, 0.1) is 0 Å². The molecular weight excluding hydrogens is 406 g/mol. The molecule has 1 aliphatic rings. The lowest BCUT2D eigenvalue weighted by atomic mass is 10.1. The molecule has 3 aromatic rings. The maximum atomic E-state index is 10.2. The third-order valence-corrected chi connectivity index (χ3v) is 5.49. The third kappa shape index (κ3) is 3.65. The number of hydrogen-bond acceptors (Lipinski definition) is 11. The van der Waals surface area contributed by atoms with Crippen LogP contribution in [-0.2, 0) is 4.74 Å². The highest BCUT2D eigenvalue weighted by Crippen LogP contribution is 2.43. The number of aromatic nitrogens is 4. The largest absolute Gasteiger partial charge is 0.394 e. The zero-order valence-corrected chi connectivity index (χ0v) is 15.6. The summed E-state index contributed by atoms with van der Waals surface area (Å²) in [6.07, 6.45) is -1.77. The van der Waals surface area contributed by atoms with Gasteiger partial charge in [-0.25, -0.2) is 15.0 Å². The number of rotatable bonds is 5. The van der Waals surface area contributed by atoms with Gasteiger partial charge in [0.1, 0.15) is 35.5 Å². The van der Waals surface area contributed by atoms with Crippen LogP contribution in [0.4, 0.5) is 11.5 Å². The Bertz CT molecular complexity index is 1010. The normalized spacial score (nSPS) is 25.4. The van der Waals surface area contributed by atoms with E-state index >= 15 is 0 Å². The van der Waals surface area contributed by atoms with Crippen LogP contribution >= 0.6 is 10.9 Å². The zero-order chi connectivity index (χ0) is 20.8. The Morgan fingerprint density at radius 3 is 2.38 bits per heavy atom. The van der Waals surface area contributed by atoms with E-state index in [9.17, 15) is 29.0 Å². The van der Waals surface area contributed by atoms with Crippen molar-refractivity contribution in [3.63, 3.8) is 0 Å². The molecular formula is C16H19N5O7S. The first-order valence-corrected chi connectivity index (χ1v) is 9.97. The van der Waals surface area contributed by atoms with Crippen LogP contribution in [0.25, 0.3) is 11.2 Å². The number of aliphatic hydroxyl groups is 3. The maximum Gasteiger partial charge on any atom is 0.167 e. The van der Waals surface area contributed by atoms with Gasteiger partial charge >= 0.3 is 0 Å². The number of nitrogens with zero attached hydrogens (tertiary/aromatic N) is 4. The summed E-state index contributed by atoms with van der Waals surface area (Å²) in [4.78, 5) is 12.5. The molecule has 7 N–H and O–H groups in total. The summed E-state index contributed by atoms with van der Waals surface area (Å²) in [7, 11) is -3.79. The monoisotopic (exact) mass is 425 g/mol. The SMILES string of the molecule is OCC1OC(n2cnc3c(Nc4ccc(S(O)(O)O)cc4)ncnc32)C(O)C1O. The predicted molar refractivity (Wildman–Crippen MR) is 102 cm³/mol. The van der Waals surface area contributed by atoms with Gasteiger partial charge in [-0.1, -0.05) is 0 Å². The maximum absolute atomic E-state index is 10.2. The van der Waals surface area contributed by atoms with Crippen LogP contribution < -0.4 is 5.32 Å². The second-order valence-corrected chi connectivity index (χ2v) is 7.95. The van der Waals surface area contributed by atoms with Crippen molar-refractivity contribution in [3.8, 4) is 0 Å². The molecule has 4 unspecified atom stereocenters. The summed E-state index contributed by atoms with van der Waals surface area (Å²) < 4.78 is 34.8. The van der Waals surface area contributed by atoms with Crippen molar-refractivity contribution in [1.82, 2.24) is 19.5 Å². The first-order chi connectivity index (χ1) is 13.8. The van der Waals surface area contributed by atoms with Gasteiger partial charge in [0.05, 0.1) is 17.8 Å². The summed E-state index contributed by atoms with van der Waals surface area (Å²) in [6, 6.07) is 5.76. The van der Waals surface area contributed by atoms with Crippen LogP contribution in [0.2, 0.25) is 0 Å². The Balaban J connectivity index is 1.63. The number of anilines is 2. The minimum absolute atomic E-state index is 0.0236. The van der Waals surface area contributed by atoms with E-state index in [1.807, 2.05) is 0 Å². The lowest BCUT2D eigenvalue weighted by Crippen LogP contribution is -2.33. The number of nitrogens with one attached hydrogen (secondary N) is 1.